The van der Waals surface area contributed by atoms with Crippen LogP contribution in [0.1, 0.15) is 13.8 Å². The lowest BCUT2D eigenvalue weighted by Gasteiger charge is -2.39. The Bertz CT molecular complexity index is 571. The Morgan fingerprint density at radius 2 is 1.35 bits per heavy atom. The lowest BCUT2D eigenvalue weighted by Crippen LogP contribution is -2.17. The number of hydrogen-bond acceptors (Lipinski definition) is 12. The molecule has 0 saturated heterocycles. The Kier molecular flexibility index (Phi) is 8.37. The first-order valence-electron chi connectivity index (χ1n) is 7.25. The number of carbonyl (C=O) groups is 2. The predicted molar refractivity (Wildman–Crippen MR) is 86.0 cm³/mol. The summed E-state index contributed by atoms with van der Waals surface area (Å²) >= 11 is 0. The molecule has 12 heteroatoms. The van der Waals surface area contributed by atoms with Crippen molar-refractivity contribution in [3.8, 4) is 11.5 Å². The first-order chi connectivity index (χ1) is 12.2. The van der Waals surface area contributed by atoms with Crippen LogP contribution in [-0.2, 0) is 19.1 Å². The van der Waals surface area contributed by atoms with Crippen molar-refractivity contribution in [3.05, 3.63) is 22.5 Å². The van der Waals surface area contributed by atoms with Gasteiger partial charge in [-0.05, 0) is 6.07 Å². The standard InChI is InChI=1S/C14H18N2O10/c1-9(17)23-3-5-25-13-8-14(26-6-4-24-10(2)18)12(16(21)22)7-11(13)15(19)20/h7-8,19-20H,3-6H2,1-2H3/q-2. The van der Waals surface area contributed by atoms with Gasteiger partial charge in [-0.3, -0.25) is 20.0 Å². The van der Waals surface area contributed by atoms with E-state index in [1.807, 2.05) is 0 Å². The molecule has 1 aromatic carbocycles. The zero-order valence-electron chi connectivity index (χ0n) is 14.0. The molecule has 0 heterocycles. The number of anilines is 2. The maximum atomic E-state index is 11.1. The largest absolute Gasteiger partial charge is 0.769 e. The maximum absolute atomic E-state index is 11.1. The van der Waals surface area contributed by atoms with Crippen molar-refractivity contribution >= 4 is 23.3 Å². The molecule has 0 aromatic heterocycles. The van der Waals surface area contributed by atoms with E-state index in [1.165, 1.54) is 13.8 Å². The second-order valence-electron chi connectivity index (χ2n) is 4.71. The van der Waals surface area contributed by atoms with E-state index in [0.717, 1.165) is 12.1 Å². The third kappa shape index (κ3) is 6.98. The van der Waals surface area contributed by atoms with E-state index in [9.17, 15) is 30.4 Å². The topological polar surface area (TPSA) is 164 Å². The van der Waals surface area contributed by atoms with Crippen LogP contribution in [0.5, 0.6) is 11.5 Å². The molecule has 0 aliphatic carbocycles. The van der Waals surface area contributed by atoms with Crippen molar-refractivity contribution in [1.82, 2.24) is 0 Å². The molecule has 0 spiro atoms. The van der Waals surface area contributed by atoms with Gasteiger partial charge in [-0.1, -0.05) is 0 Å². The van der Waals surface area contributed by atoms with Gasteiger partial charge in [-0.15, -0.1) is 5.23 Å². The molecule has 0 bridgehead atoms. The molecule has 12 nitrogen and oxygen atoms in total. The average Bonchev–Trinajstić information content (AvgIpc) is 2.54. The number of benzene rings is 1. The number of nitrogens with zero attached hydrogens (tertiary/aromatic N) is 2. The number of hydrogen-bond donors (Lipinski definition) is 2. The molecule has 0 amide bonds. The summed E-state index contributed by atoms with van der Waals surface area (Å²) in [4.78, 5) is 21.4. The summed E-state index contributed by atoms with van der Waals surface area (Å²) in [6, 6.07) is 1.89. The summed E-state index contributed by atoms with van der Waals surface area (Å²) in [6.07, 6.45) is 0. The van der Waals surface area contributed by atoms with Gasteiger partial charge in [0.05, 0.1) is 5.69 Å². The minimum atomic E-state index is -0.795. The van der Waals surface area contributed by atoms with Crippen molar-refractivity contribution in [2.45, 2.75) is 13.8 Å². The van der Waals surface area contributed by atoms with Crippen LogP contribution in [-0.4, -0.2) is 48.8 Å². The second-order valence-corrected chi connectivity index (χ2v) is 4.71. The van der Waals surface area contributed by atoms with Crippen molar-refractivity contribution in [2.75, 3.05) is 36.9 Å². The van der Waals surface area contributed by atoms with Crippen LogP contribution in [0, 0.1) is 10.4 Å². The smallest absolute Gasteiger partial charge is 0.302 e. The number of ether oxygens (including phenoxy) is 4. The normalized spacial score (nSPS) is 10.1. The molecular formula is C14H18N2O10-2. The van der Waals surface area contributed by atoms with Crippen LogP contribution in [0.25, 0.3) is 0 Å². The zero-order valence-corrected chi connectivity index (χ0v) is 14.0. The van der Waals surface area contributed by atoms with Crippen LogP contribution >= 0.6 is 0 Å². The summed E-state index contributed by atoms with van der Waals surface area (Å²) < 4.78 is 19.8. The van der Waals surface area contributed by atoms with Crippen molar-refractivity contribution < 1.29 is 39.0 Å². The fraction of sp³-hybridized carbons (Fsp3) is 0.429. The molecule has 146 valence electrons. The third-order valence-electron chi connectivity index (χ3n) is 2.75. The number of esters is 2. The summed E-state index contributed by atoms with van der Waals surface area (Å²) in [5.74, 6) is -1.48. The highest BCUT2D eigenvalue weighted by atomic mass is 16.8. The minimum absolute atomic E-state index is 0.120. The average molecular weight is 374 g/mol. The van der Waals surface area contributed by atoms with E-state index in [1.54, 1.807) is 0 Å². The maximum Gasteiger partial charge on any atom is 0.302 e. The van der Waals surface area contributed by atoms with Gasteiger partial charge < -0.3 is 34.6 Å². The molecule has 1 rings (SSSR count). The first kappa shape index (κ1) is 21.2. The van der Waals surface area contributed by atoms with E-state index < -0.39 is 28.5 Å². The summed E-state index contributed by atoms with van der Waals surface area (Å²) in [7, 11) is 0. The van der Waals surface area contributed by atoms with Crippen molar-refractivity contribution in [1.29, 1.82) is 0 Å². The lowest BCUT2D eigenvalue weighted by atomic mass is 10.2. The molecule has 26 heavy (non-hydrogen) atoms. The first-order valence-corrected chi connectivity index (χ1v) is 7.25. The minimum Gasteiger partial charge on any atom is -0.769 e. The molecule has 0 aliphatic heterocycles. The molecular weight excluding hydrogens is 356 g/mol. The molecule has 0 unspecified atom stereocenters. The SMILES string of the molecule is CC(=O)OCCOc1cc(OCCOC(C)=O)c(N(O)O)cc1N([O-])[O-]. The predicted octanol–water partition coefficient (Wildman–Crippen LogP) is 0.957. The van der Waals surface area contributed by atoms with Gasteiger partial charge in [-0.25, -0.2) is 0 Å². The molecule has 0 aliphatic rings. The van der Waals surface area contributed by atoms with E-state index in [2.05, 4.69) is 9.47 Å². The highest BCUT2D eigenvalue weighted by molar-refractivity contribution is 5.72. The second kappa shape index (κ2) is 10.2. The molecule has 0 radical (unpaired) electrons. The third-order valence-corrected chi connectivity index (χ3v) is 2.75. The van der Waals surface area contributed by atoms with Gasteiger partial charge in [0.25, 0.3) is 0 Å². The number of rotatable bonds is 10. The fourth-order valence-corrected chi connectivity index (χ4v) is 1.74. The highest BCUT2D eigenvalue weighted by Crippen LogP contribution is 2.39. The van der Waals surface area contributed by atoms with Crippen LogP contribution < -0.4 is 19.9 Å². The molecule has 0 saturated carbocycles. The Hall–Kier alpha value is -2.80. The van der Waals surface area contributed by atoms with Crippen molar-refractivity contribution in [3.63, 3.8) is 0 Å². The molecule has 0 atom stereocenters. The van der Waals surface area contributed by atoms with Gasteiger partial charge in [0.15, 0.2) is 5.75 Å². The summed E-state index contributed by atoms with van der Waals surface area (Å²) in [6.45, 7) is 1.83. The van der Waals surface area contributed by atoms with Gasteiger partial charge in [0, 0.05) is 19.9 Å². The van der Waals surface area contributed by atoms with Crippen LogP contribution in [0.4, 0.5) is 11.4 Å². The molecule has 0 fully saturated rings. The zero-order chi connectivity index (χ0) is 19.7. The quantitative estimate of drug-likeness (QED) is 0.339. The Balaban J connectivity index is 2.96. The van der Waals surface area contributed by atoms with Crippen LogP contribution in [0.15, 0.2) is 12.1 Å². The Labute approximate surface area is 148 Å². The number of carbonyl (C=O) groups excluding carboxylic acids is 2. The van der Waals surface area contributed by atoms with Gasteiger partial charge in [0.2, 0.25) is 0 Å². The molecule has 1 aromatic rings. The van der Waals surface area contributed by atoms with E-state index >= 15 is 0 Å². The van der Waals surface area contributed by atoms with Gasteiger partial charge in [0.1, 0.15) is 37.9 Å². The summed E-state index contributed by atoms with van der Waals surface area (Å²) in [5, 5.41) is 39.6. The fourth-order valence-electron chi connectivity index (χ4n) is 1.74. The van der Waals surface area contributed by atoms with E-state index in [4.69, 9.17) is 9.47 Å². The van der Waals surface area contributed by atoms with Crippen LogP contribution in [0.3, 0.4) is 0 Å². The van der Waals surface area contributed by atoms with E-state index in [-0.39, 0.29) is 43.2 Å². The summed E-state index contributed by atoms with van der Waals surface area (Å²) in [5.41, 5.74) is -0.991. The van der Waals surface area contributed by atoms with Gasteiger partial charge in [-0.2, -0.15) is 0 Å². The molecule has 2 N–H and O–H groups in total. The van der Waals surface area contributed by atoms with Crippen LogP contribution in [0.2, 0.25) is 0 Å². The van der Waals surface area contributed by atoms with E-state index in [0.29, 0.717) is 0 Å². The lowest BCUT2D eigenvalue weighted by molar-refractivity contribution is -0.142. The monoisotopic (exact) mass is 374 g/mol. The Morgan fingerprint density at radius 3 is 1.73 bits per heavy atom. The Morgan fingerprint density at radius 1 is 0.885 bits per heavy atom. The highest BCUT2D eigenvalue weighted by Gasteiger charge is 2.16. The van der Waals surface area contributed by atoms with Gasteiger partial charge >= 0.3 is 11.9 Å². The van der Waals surface area contributed by atoms with Crippen molar-refractivity contribution in [2.24, 2.45) is 0 Å².